The van der Waals surface area contributed by atoms with Crippen LogP contribution >= 0.6 is 0 Å². The SMILES string of the molecule is CCCCCCN(Cc1ccccc1)c1c(N[C@@H](Cc2ccccc2)C(=O)O)c(=O)c1=O. The number of carboxylic acid groups (broad SMARTS) is 1. The van der Waals surface area contributed by atoms with E-state index in [2.05, 4.69) is 12.2 Å². The number of hydrogen-bond acceptors (Lipinski definition) is 5. The van der Waals surface area contributed by atoms with E-state index in [4.69, 9.17) is 0 Å². The number of aliphatic carboxylic acids is 1. The number of carbonyl (C=O) groups is 1. The van der Waals surface area contributed by atoms with E-state index in [1.807, 2.05) is 65.6 Å². The van der Waals surface area contributed by atoms with Crippen molar-refractivity contribution in [3.05, 3.63) is 92.2 Å². The van der Waals surface area contributed by atoms with Crippen LogP contribution in [0.5, 0.6) is 0 Å². The third kappa shape index (κ3) is 5.84. The van der Waals surface area contributed by atoms with Crippen LogP contribution in [0.15, 0.2) is 70.3 Å². The largest absolute Gasteiger partial charge is 0.480 e. The number of nitrogens with zero attached hydrogens (tertiary/aromatic N) is 1. The van der Waals surface area contributed by atoms with E-state index < -0.39 is 22.9 Å². The zero-order valence-electron chi connectivity index (χ0n) is 18.4. The molecule has 0 saturated heterocycles. The first kappa shape index (κ1) is 23.3. The second kappa shape index (κ2) is 11.3. The van der Waals surface area contributed by atoms with Gasteiger partial charge in [-0.2, -0.15) is 0 Å². The third-order valence-corrected chi connectivity index (χ3v) is 5.60. The molecule has 0 fully saturated rings. The van der Waals surface area contributed by atoms with Crippen LogP contribution in [-0.4, -0.2) is 23.7 Å². The Morgan fingerprint density at radius 2 is 1.53 bits per heavy atom. The van der Waals surface area contributed by atoms with Crippen molar-refractivity contribution < 1.29 is 9.90 Å². The molecule has 0 aliphatic carbocycles. The molecule has 0 spiro atoms. The van der Waals surface area contributed by atoms with Gasteiger partial charge in [-0.1, -0.05) is 86.8 Å². The van der Waals surface area contributed by atoms with Gasteiger partial charge in [0.2, 0.25) is 0 Å². The monoisotopic (exact) mass is 434 g/mol. The Morgan fingerprint density at radius 3 is 2.12 bits per heavy atom. The van der Waals surface area contributed by atoms with Crippen molar-refractivity contribution in [2.75, 3.05) is 16.8 Å². The molecule has 3 aromatic rings. The third-order valence-electron chi connectivity index (χ3n) is 5.60. The zero-order valence-corrected chi connectivity index (χ0v) is 18.4. The van der Waals surface area contributed by atoms with Gasteiger partial charge in [-0.3, -0.25) is 9.59 Å². The highest BCUT2D eigenvalue weighted by molar-refractivity contribution is 5.83. The van der Waals surface area contributed by atoms with Gasteiger partial charge < -0.3 is 15.3 Å². The molecule has 32 heavy (non-hydrogen) atoms. The lowest BCUT2D eigenvalue weighted by Crippen LogP contribution is -2.45. The molecule has 0 aliphatic heterocycles. The summed E-state index contributed by atoms with van der Waals surface area (Å²) in [6.07, 6.45) is 4.35. The molecule has 3 aromatic carbocycles. The van der Waals surface area contributed by atoms with Gasteiger partial charge in [0.25, 0.3) is 10.9 Å². The first-order valence-electron chi connectivity index (χ1n) is 11.2. The molecule has 2 N–H and O–H groups in total. The van der Waals surface area contributed by atoms with Crippen LogP contribution in [0.1, 0.15) is 43.7 Å². The molecule has 168 valence electrons. The molecule has 3 rings (SSSR count). The normalized spacial score (nSPS) is 11.9. The number of hydrogen-bond donors (Lipinski definition) is 2. The maximum Gasteiger partial charge on any atom is 0.326 e. The molecular formula is C26H30N2O4. The van der Waals surface area contributed by atoms with Gasteiger partial charge in [0.05, 0.1) is 0 Å². The molecular weight excluding hydrogens is 404 g/mol. The maximum absolute atomic E-state index is 12.6. The van der Waals surface area contributed by atoms with E-state index in [1.165, 1.54) is 0 Å². The summed E-state index contributed by atoms with van der Waals surface area (Å²) in [5.41, 5.74) is 1.09. The van der Waals surface area contributed by atoms with Crippen LogP contribution in [0.4, 0.5) is 11.4 Å². The molecule has 0 aromatic heterocycles. The fraction of sp³-hybridized carbons (Fsp3) is 0.346. The molecule has 1 atom stereocenters. The predicted octanol–water partition coefficient (Wildman–Crippen LogP) is 3.98. The average Bonchev–Trinajstić information content (AvgIpc) is 2.81. The fourth-order valence-electron chi connectivity index (χ4n) is 3.84. The first-order valence-corrected chi connectivity index (χ1v) is 11.2. The molecule has 0 saturated carbocycles. The second-order valence-corrected chi connectivity index (χ2v) is 8.07. The van der Waals surface area contributed by atoms with Crippen molar-refractivity contribution in [1.82, 2.24) is 0 Å². The smallest absolute Gasteiger partial charge is 0.326 e. The minimum Gasteiger partial charge on any atom is -0.480 e. The van der Waals surface area contributed by atoms with Crippen LogP contribution in [0.25, 0.3) is 0 Å². The van der Waals surface area contributed by atoms with E-state index in [0.29, 0.717) is 18.8 Å². The summed E-state index contributed by atoms with van der Waals surface area (Å²) in [4.78, 5) is 38.8. The summed E-state index contributed by atoms with van der Waals surface area (Å²) in [5.74, 6) is -1.06. The Morgan fingerprint density at radius 1 is 0.906 bits per heavy atom. The topological polar surface area (TPSA) is 86.7 Å². The van der Waals surface area contributed by atoms with E-state index in [0.717, 1.165) is 36.8 Å². The molecule has 0 amide bonds. The molecule has 0 heterocycles. The van der Waals surface area contributed by atoms with Crippen molar-refractivity contribution in [3.8, 4) is 0 Å². The number of carboxylic acids is 1. The number of anilines is 2. The summed E-state index contributed by atoms with van der Waals surface area (Å²) >= 11 is 0. The molecule has 6 heteroatoms. The Kier molecular flexibility index (Phi) is 8.20. The van der Waals surface area contributed by atoms with Crippen LogP contribution in [0.3, 0.4) is 0 Å². The van der Waals surface area contributed by atoms with Gasteiger partial charge in [0.1, 0.15) is 17.4 Å². The average molecular weight is 435 g/mol. The minimum atomic E-state index is -1.06. The molecule has 0 radical (unpaired) electrons. The number of unbranched alkanes of at least 4 members (excludes halogenated alkanes) is 3. The van der Waals surface area contributed by atoms with Crippen LogP contribution < -0.4 is 21.1 Å². The maximum atomic E-state index is 12.6. The number of nitrogens with one attached hydrogen (secondary N) is 1. The summed E-state index contributed by atoms with van der Waals surface area (Å²) in [6.45, 7) is 3.26. The summed E-state index contributed by atoms with van der Waals surface area (Å²) < 4.78 is 0. The lowest BCUT2D eigenvalue weighted by atomic mass is 10.0. The van der Waals surface area contributed by atoms with Gasteiger partial charge in [-0.15, -0.1) is 0 Å². The highest BCUT2D eigenvalue weighted by atomic mass is 16.4. The lowest BCUT2D eigenvalue weighted by Gasteiger charge is -2.29. The molecule has 0 aliphatic rings. The van der Waals surface area contributed by atoms with Gasteiger partial charge >= 0.3 is 5.97 Å². The Hall–Kier alpha value is -3.41. The molecule has 0 unspecified atom stereocenters. The van der Waals surface area contributed by atoms with E-state index >= 15 is 0 Å². The zero-order chi connectivity index (χ0) is 22.9. The van der Waals surface area contributed by atoms with Gasteiger partial charge in [-0.05, 0) is 17.5 Å². The van der Waals surface area contributed by atoms with E-state index in [1.54, 1.807) is 0 Å². The van der Waals surface area contributed by atoms with Crippen LogP contribution in [0.2, 0.25) is 0 Å². The predicted molar refractivity (Wildman–Crippen MR) is 128 cm³/mol. The van der Waals surface area contributed by atoms with E-state index in [9.17, 15) is 19.5 Å². The molecule has 0 bridgehead atoms. The van der Waals surface area contributed by atoms with Gasteiger partial charge in [-0.25, -0.2) is 4.79 Å². The Bertz CT molecular complexity index is 1070. The van der Waals surface area contributed by atoms with Crippen LogP contribution in [-0.2, 0) is 17.8 Å². The summed E-state index contributed by atoms with van der Waals surface area (Å²) in [5, 5.41) is 12.6. The summed E-state index contributed by atoms with van der Waals surface area (Å²) in [6, 6.07) is 18.0. The second-order valence-electron chi connectivity index (χ2n) is 8.07. The fourth-order valence-corrected chi connectivity index (χ4v) is 3.84. The molecule has 6 nitrogen and oxygen atoms in total. The van der Waals surface area contributed by atoms with Crippen molar-refractivity contribution in [2.24, 2.45) is 0 Å². The highest BCUT2D eigenvalue weighted by Gasteiger charge is 2.29. The first-order chi connectivity index (χ1) is 15.5. The van der Waals surface area contributed by atoms with Crippen molar-refractivity contribution >= 4 is 17.3 Å². The van der Waals surface area contributed by atoms with Crippen molar-refractivity contribution in [2.45, 2.75) is 51.6 Å². The quantitative estimate of drug-likeness (QED) is 0.313. The summed E-state index contributed by atoms with van der Waals surface area (Å²) in [7, 11) is 0. The number of rotatable bonds is 13. The van der Waals surface area contributed by atoms with Crippen molar-refractivity contribution in [3.63, 3.8) is 0 Å². The minimum absolute atomic E-state index is 0.116. The van der Waals surface area contributed by atoms with Gasteiger partial charge in [0.15, 0.2) is 0 Å². The highest BCUT2D eigenvalue weighted by Crippen LogP contribution is 2.24. The number of benzene rings is 2. The standard InChI is InChI=1S/C26H30N2O4/c1-2-3-4-11-16-28(18-20-14-9-6-10-15-20)23-22(24(29)25(23)30)27-21(26(31)32)17-19-12-7-5-8-13-19/h5-10,12-15,21,27H,2-4,11,16-18H2,1H3,(H,31,32)/t21-/m0/s1. The lowest BCUT2D eigenvalue weighted by molar-refractivity contribution is -0.137. The van der Waals surface area contributed by atoms with E-state index in [-0.39, 0.29) is 12.1 Å². The Labute approximate surface area is 188 Å². The Balaban J connectivity index is 1.84. The van der Waals surface area contributed by atoms with Crippen LogP contribution in [0, 0.1) is 0 Å². The van der Waals surface area contributed by atoms with Crippen molar-refractivity contribution in [1.29, 1.82) is 0 Å². The van der Waals surface area contributed by atoms with Gasteiger partial charge in [0, 0.05) is 19.5 Å².